The van der Waals surface area contributed by atoms with Crippen molar-refractivity contribution in [2.24, 2.45) is 5.73 Å². The van der Waals surface area contributed by atoms with Crippen LogP contribution in [0.3, 0.4) is 0 Å². The van der Waals surface area contributed by atoms with Gasteiger partial charge in [-0.25, -0.2) is 4.39 Å². The van der Waals surface area contributed by atoms with Gasteiger partial charge in [-0.2, -0.15) is 0 Å². The predicted molar refractivity (Wildman–Crippen MR) is 75.5 cm³/mol. The molecule has 0 spiro atoms. The molecule has 1 aliphatic heterocycles. The fraction of sp³-hybridized carbons (Fsp3) is 0.200. The Kier molecular flexibility index (Phi) is 3.29. The quantitative estimate of drug-likeness (QED) is 0.857. The first kappa shape index (κ1) is 12.6. The van der Waals surface area contributed by atoms with Gasteiger partial charge in [0.25, 0.3) is 0 Å². The van der Waals surface area contributed by atoms with E-state index in [9.17, 15) is 4.39 Å². The standard InChI is InChI=1S/C15H13BrFNO/c16-10-3-6-14-12(7-10)13(18)8-15(19-14)9-1-4-11(17)5-2-9/h1-7,13,15H,8,18H2. The minimum absolute atomic E-state index is 0.0729. The fourth-order valence-electron chi connectivity index (χ4n) is 2.36. The lowest BCUT2D eigenvalue weighted by Crippen LogP contribution is -2.24. The van der Waals surface area contributed by atoms with Crippen molar-refractivity contribution < 1.29 is 9.13 Å². The van der Waals surface area contributed by atoms with Crippen LogP contribution in [0.2, 0.25) is 0 Å². The van der Waals surface area contributed by atoms with Crippen molar-refractivity contribution in [2.45, 2.75) is 18.6 Å². The van der Waals surface area contributed by atoms with Gasteiger partial charge in [-0.05, 0) is 35.9 Å². The molecule has 2 unspecified atom stereocenters. The molecule has 1 aliphatic rings. The highest BCUT2D eigenvalue weighted by Gasteiger charge is 2.27. The van der Waals surface area contributed by atoms with E-state index in [0.29, 0.717) is 6.42 Å². The zero-order valence-electron chi connectivity index (χ0n) is 10.1. The number of halogens is 2. The van der Waals surface area contributed by atoms with Gasteiger partial charge in [-0.1, -0.05) is 28.1 Å². The lowest BCUT2D eigenvalue weighted by molar-refractivity contribution is 0.161. The van der Waals surface area contributed by atoms with Gasteiger partial charge in [0.1, 0.15) is 17.7 Å². The number of hydrogen-bond acceptors (Lipinski definition) is 2. The average Bonchev–Trinajstić information content (AvgIpc) is 2.40. The van der Waals surface area contributed by atoms with E-state index >= 15 is 0 Å². The fourth-order valence-corrected chi connectivity index (χ4v) is 2.74. The van der Waals surface area contributed by atoms with Crippen molar-refractivity contribution in [2.75, 3.05) is 0 Å². The van der Waals surface area contributed by atoms with Crippen LogP contribution in [0, 0.1) is 5.82 Å². The van der Waals surface area contributed by atoms with Gasteiger partial charge in [0.15, 0.2) is 0 Å². The normalized spacial score (nSPS) is 21.6. The first-order valence-corrected chi connectivity index (χ1v) is 6.90. The summed E-state index contributed by atoms with van der Waals surface area (Å²) in [6.45, 7) is 0. The molecule has 0 saturated carbocycles. The molecule has 0 fully saturated rings. The molecular formula is C15H13BrFNO. The monoisotopic (exact) mass is 321 g/mol. The van der Waals surface area contributed by atoms with Crippen LogP contribution < -0.4 is 10.5 Å². The maximum Gasteiger partial charge on any atom is 0.126 e. The van der Waals surface area contributed by atoms with Crippen LogP contribution in [0.5, 0.6) is 5.75 Å². The number of nitrogens with two attached hydrogens (primary N) is 1. The third-order valence-corrected chi connectivity index (χ3v) is 3.84. The molecule has 0 radical (unpaired) electrons. The number of benzene rings is 2. The molecule has 2 N–H and O–H groups in total. The third kappa shape index (κ3) is 2.51. The Labute approximate surface area is 119 Å². The number of fused-ring (bicyclic) bond motifs is 1. The zero-order valence-corrected chi connectivity index (χ0v) is 11.7. The number of hydrogen-bond donors (Lipinski definition) is 1. The molecule has 2 aromatic carbocycles. The van der Waals surface area contributed by atoms with E-state index in [-0.39, 0.29) is 18.0 Å². The van der Waals surface area contributed by atoms with Crippen molar-refractivity contribution in [3.8, 4) is 5.75 Å². The summed E-state index contributed by atoms with van der Waals surface area (Å²) in [4.78, 5) is 0. The summed E-state index contributed by atoms with van der Waals surface area (Å²) in [5.74, 6) is 0.560. The maximum absolute atomic E-state index is 12.9. The average molecular weight is 322 g/mol. The van der Waals surface area contributed by atoms with E-state index in [4.69, 9.17) is 10.5 Å². The molecule has 3 rings (SSSR count). The van der Waals surface area contributed by atoms with Gasteiger partial charge in [-0.3, -0.25) is 0 Å². The lowest BCUT2D eigenvalue weighted by atomic mass is 9.94. The molecule has 0 bridgehead atoms. The van der Waals surface area contributed by atoms with Crippen LogP contribution in [0.25, 0.3) is 0 Å². The van der Waals surface area contributed by atoms with Crippen LogP contribution in [0.15, 0.2) is 46.9 Å². The van der Waals surface area contributed by atoms with E-state index < -0.39 is 0 Å². The van der Waals surface area contributed by atoms with Gasteiger partial charge >= 0.3 is 0 Å². The minimum Gasteiger partial charge on any atom is -0.485 e. The molecule has 2 nitrogen and oxygen atoms in total. The second-order valence-corrected chi connectivity index (χ2v) is 5.60. The number of rotatable bonds is 1. The molecule has 98 valence electrons. The molecule has 19 heavy (non-hydrogen) atoms. The summed E-state index contributed by atoms with van der Waals surface area (Å²) in [5, 5.41) is 0. The number of ether oxygens (including phenoxy) is 1. The highest BCUT2D eigenvalue weighted by molar-refractivity contribution is 9.10. The molecule has 0 saturated heterocycles. The SMILES string of the molecule is NC1CC(c2ccc(F)cc2)Oc2ccc(Br)cc21. The molecule has 2 atom stereocenters. The minimum atomic E-state index is -0.242. The van der Waals surface area contributed by atoms with Crippen molar-refractivity contribution in [1.82, 2.24) is 0 Å². The largest absolute Gasteiger partial charge is 0.485 e. The Morgan fingerprint density at radius 3 is 2.63 bits per heavy atom. The Balaban J connectivity index is 1.92. The van der Waals surface area contributed by atoms with Gasteiger partial charge in [0.05, 0.1) is 0 Å². The van der Waals surface area contributed by atoms with Crippen molar-refractivity contribution in [3.05, 3.63) is 63.9 Å². The van der Waals surface area contributed by atoms with E-state index in [1.54, 1.807) is 12.1 Å². The Hall–Kier alpha value is -1.39. The van der Waals surface area contributed by atoms with Gasteiger partial charge in [-0.15, -0.1) is 0 Å². The van der Waals surface area contributed by atoms with Gasteiger partial charge in [0, 0.05) is 22.5 Å². The summed E-state index contributed by atoms with van der Waals surface area (Å²) in [7, 11) is 0. The Morgan fingerprint density at radius 2 is 1.89 bits per heavy atom. The predicted octanol–water partition coefficient (Wildman–Crippen LogP) is 4.11. The van der Waals surface area contributed by atoms with Crippen LogP contribution in [0.4, 0.5) is 4.39 Å². The third-order valence-electron chi connectivity index (χ3n) is 3.35. The van der Waals surface area contributed by atoms with E-state index in [1.165, 1.54) is 12.1 Å². The van der Waals surface area contributed by atoms with E-state index in [1.807, 2.05) is 18.2 Å². The smallest absolute Gasteiger partial charge is 0.126 e. The van der Waals surface area contributed by atoms with Crippen molar-refractivity contribution in [3.63, 3.8) is 0 Å². The van der Waals surface area contributed by atoms with Crippen LogP contribution in [-0.2, 0) is 0 Å². The topological polar surface area (TPSA) is 35.2 Å². The first-order valence-electron chi connectivity index (χ1n) is 6.10. The summed E-state index contributed by atoms with van der Waals surface area (Å²) >= 11 is 3.43. The molecule has 2 aromatic rings. The second kappa shape index (κ2) is 4.94. The van der Waals surface area contributed by atoms with Gasteiger partial charge < -0.3 is 10.5 Å². The molecule has 4 heteroatoms. The molecule has 0 aromatic heterocycles. The van der Waals surface area contributed by atoms with Crippen molar-refractivity contribution >= 4 is 15.9 Å². The molecule has 0 amide bonds. The van der Waals surface area contributed by atoms with Crippen LogP contribution in [0.1, 0.15) is 29.7 Å². The maximum atomic E-state index is 12.9. The van der Waals surface area contributed by atoms with E-state index in [2.05, 4.69) is 15.9 Å². The van der Waals surface area contributed by atoms with Crippen LogP contribution in [-0.4, -0.2) is 0 Å². The highest BCUT2D eigenvalue weighted by Crippen LogP contribution is 2.40. The summed E-state index contributed by atoms with van der Waals surface area (Å²) in [6.07, 6.45) is 0.569. The second-order valence-electron chi connectivity index (χ2n) is 4.68. The lowest BCUT2D eigenvalue weighted by Gasteiger charge is -2.30. The highest BCUT2D eigenvalue weighted by atomic mass is 79.9. The molecule has 1 heterocycles. The molecular weight excluding hydrogens is 309 g/mol. The Morgan fingerprint density at radius 1 is 1.16 bits per heavy atom. The van der Waals surface area contributed by atoms with E-state index in [0.717, 1.165) is 21.3 Å². The summed E-state index contributed by atoms with van der Waals surface area (Å²) in [6, 6.07) is 12.1. The summed E-state index contributed by atoms with van der Waals surface area (Å²) < 4.78 is 19.9. The first-order chi connectivity index (χ1) is 9.13. The Bertz CT molecular complexity index is 600. The van der Waals surface area contributed by atoms with Crippen LogP contribution >= 0.6 is 15.9 Å². The summed E-state index contributed by atoms with van der Waals surface area (Å²) in [5.41, 5.74) is 8.15. The molecule has 0 aliphatic carbocycles. The van der Waals surface area contributed by atoms with Gasteiger partial charge in [0.2, 0.25) is 0 Å². The van der Waals surface area contributed by atoms with Crippen molar-refractivity contribution in [1.29, 1.82) is 0 Å². The zero-order chi connectivity index (χ0) is 13.4.